The number of carboxylic acid groups (broad SMARTS) is 1. The number of benzene rings is 3. The lowest BCUT2D eigenvalue weighted by atomic mass is 9.90. The monoisotopic (exact) mass is 853 g/mol. The van der Waals surface area contributed by atoms with Crippen molar-refractivity contribution in [3.8, 4) is 6.07 Å². The Kier molecular flexibility index (Phi) is 17.0. The number of nitriles is 1. The number of nitrogens with zero attached hydrogens (tertiary/aromatic N) is 1. The molecule has 0 saturated heterocycles. The fraction of sp³-hybridized carbons (Fsp3) is 0.333. The van der Waals surface area contributed by atoms with E-state index in [1.165, 1.54) is 13.0 Å². The maximum Gasteiger partial charge on any atom is 0.347 e. The number of hydrogen-bond acceptors (Lipinski definition) is 6. The predicted octanol–water partition coefficient (Wildman–Crippen LogP) is 7.01. The van der Waals surface area contributed by atoms with Gasteiger partial charge in [-0.3, -0.25) is 9.59 Å². The van der Waals surface area contributed by atoms with E-state index in [0.29, 0.717) is 0 Å². The number of esters is 1. The molecule has 0 aliphatic carbocycles. The van der Waals surface area contributed by atoms with Crippen LogP contribution in [0.15, 0.2) is 0 Å². The fourth-order valence-electron chi connectivity index (χ4n) is 4.22. The number of aliphatic carboxylic acids is 1. The lowest BCUT2D eigenvalue weighted by Gasteiger charge is -2.25. The Bertz CT molecular complexity index is 1910. The molecule has 3 aromatic rings. The first-order valence-electron chi connectivity index (χ1n) is 14.7. The molecule has 0 aliphatic heterocycles. The molecule has 296 valence electrons. The van der Waals surface area contributed by atoms with Gasteiger partial charge in [0.25, 0.3) is 0 Å². The van der Waals surface area contributed by atoms with Crippen LogP contribution in [0.25, 0.3) is 0 Å². The van der Waals surface area contributed by atoms with Gasteiger partial charge < -0.3 is 20.9 Å². The average molecular weight is 854 g/mol. The van der Waals surface area contributed by atoms with E-state index in [1.807, 2.05) is 5.32 Å². The zero-order valence-electron chi connectivity index (χ0n) is 28.4. The minimum absolute atomic E-state index is 0.191. The Labute approximate surface area is 307 Å². The van der Waals surface area contributed by atoms with Gasteiger partial charge in [0.2, 0.25) is 11.4 Å². The highest BCUT2D eigenvalue weighted by Gasteiger charge is 2.44. The van der Waals surface area contributed by atoms with Crippen molar-refractivity contribution in [2.75, 3.05) is 6.61 Å². The van der Waals surface area contributed by atoms with Gasteiger partial charge in [0.1, 0.15) is 12.1 Å². The molecule has 2 unspecified atom stereocenters. The SMILES string of the molecule is CCOC(=O)C(C#N)(Cc1c(F)c(F)c(C)c(F)c1F)NC(C)=O.Cc1c(F)c(F)c(CBr)c(F)c1F.Cc1c(F)c(F)c(CC(N)C(=O)O)c(F)c1F. The number of halogens is 13. The summed E-state index contributed by atoms with van der Waals surface area (Å²) in [5, 5.41) is 19.4. The average Bonchev–Trinajstić information content (AvgIpc) is 3.13. The lowest BCUT2D eigenvalue weighted by Crippen LogP contribution is -2.55. The molecule has 0 aliphatic rings. The number of nitrogens with two attached hydrogens (primary N) is 1. The largest absolute Gasteiger partial charge is 0.480 e. The third-order valence-electron chi connectivity index (χ3n) is 7.24. The normalized spacial score (nSPS) is 12.3. The second-order valence-electron chi connectivity index (χ2n) is 11.0. The van der Waals surface area contributed by atoms with Crippen LogP contribution in [0.1, 0.15) is 47.2 Å². The summed E-state index contributed by atoms with van der Waals surface area (Å²) in [6.07, 6.45) is -1.98. The third kappa shape index (κ3) is 10.2. The summed E-state index contributed by atoms with van der Waals surface area (Å²) in [6, 6.07) is -0.235. The molecule has 0 aromatic heterocycles. The summed E-state index contributed by atoms with van der Waals surface area (Å²) < 4.78 is 164. The van der Waals surface area contributed by atoms with E-state index in [-0.39, 0.29) is 11.9 Å². The van der Waals surface area contributed by atoms with Crippen LogP contribution in [0.2, 0.25) is 0 Å². The minimum Gasteiger partial charge on any atom is -0.480 e. The van der Waals surface area contributed by atoms with Crippen molar-refractivity contribution in [2.24, 2.45) is 5.73 Å². The van der Waals surface area contributed by atoms with Gasteiger partial charge in [0, 0.05) is 58.5 Å². The van der Waals surface area contributed by atoms with Crippen LogP contribution in [0.3, 0.4) is 0 Å². The van der Waals surface area contributed by atoms with Gasteiger partial charge in [-0.25, -0.2) is 57.5 Å². The van der Waals surface area contributed by atoms with Crippen LogP contribution in [-0.4, -0.2) is 41.1 Å². The van der Waals surface area contributed by atoms with Gasteiger partial charge in [-0.2, -0.15) is 5.26 Å². The number of nitrogens with one attached hydrogen (secondary N) is 1. The molecule has 21 heteroatoms. The molecule has 0 bridgehead atoms. The van der Waals surface area contributed by atoms with Crippen LogP contribution in [0, 0.1) is 102 Å². The maximum absolute atomic E-state index is 14.0. The molecule has 0 fully saturated rings. The third-order valence-corrected chi connectivity index (χ3v) is 7.80. The van der Waals surface area contributed by atoms with E-state index in [4.69, 9.17) is 10.8 Å². The van der Waals surface area contributed by atoms with E-state index in [2.05, 4.69) is 20.7 Å². The van der Waals surface area contributed by atoms with Gasteiger partial charge in [-0.15, -0.1) is 0 Å². The number of alkyl halides is 1. The zero-order chi connectivity index (χ0) is 42.2. The predicted molar refractivity (Wildman–Crippen MR) is 167 cm³/mol. The smallest absolute Gasteiger partial charge is 0.347 e. The van der Waals surface area contributed by atoms with Gasteiger partial charge >= 0.3 is 11.9 Å². The standard InChI is InChI=1S/C15H14F4N2O3.C10H9F4NO2.C8H5BrF4/c1-4-24-14(23)15(6-20,21-8(3)22)5-9-12(18)10(16)7(2)11(17)13(9)19;1-3-6(11)8(13)4(9(14)7(3)12)2-5(15)10(16)17;1-3-5(10)7(12)4(2-9)8(13)6(3)11/h4-5H2,1-3H3,(H,21,22);5H,2,15H2,1H3,(H,16,17);2H2,1H3. The second-order valence-corrected chi connectivity index (χ2v) is 11.5. The number of amides is 1. The van der Waals surface area contributed by atoms with Crippen molar-refractivity contribution in [3.05, 3.63) is 103 Å². The topological polar surface area (TPSA) is 143 Å². The summed E-state index contributed by atoms with van der Waals surface area (Å²) in [5.41, 5.74) is -2.61. The van der Waals surface area contributed by atoms with Crippen molar-refractivity contribution in [1.29, 1.82) is 5.26 Å². The highest BCUT2D eigenvalue weighted by atomic mass is 79.9. The van der Waals surface area contributed by atoms with E-state index in [1.54, 1.807) is 0 Å². The van der Waals surface area contributed by atoms with E-state index in [0.717, 1.165) is 27.7 Å². The fourth-order valence-corrected chi connectivity index (χ4v) is 4.71. The second kappa shape index (κ2) is 19.5. The number of carbonyl (C=O) groups excluding carboxylic acids is 2. The van der Waals surface area contributed by atoms with Crippen LogP contribution < -0.4 is 11.1 Å². The van der Waals surface area contributed by atoms with Crippen molar-refractivity contribution >= 4 is 33.8 Å². The molecular weight excluding hydrogens is 826 g/mol. The van der Waals surface area contributed by atoms with Crippen molar-refractivity contribution in [1.82, 2.24) is 5.32 Å². The molecule has 0 radical (unpaired) electrons. The van der Waals surface area contributed by atoms with Gasteiger partial charge in [0.05, 0.1) is 6.61 Å². The number of carbonyl (C=O) groups is 3. The van der Waals surface area contributed by atoms with E-state index >= 15 is 0 Å². The molecule has 0 spiro atoms. The van der Waals surface area contributed by atoms with Crippen LogP contribution in [0.4, 0.5) is 52.7 Å². The molecule has 8 nitrogen and oxygen atoms in total. The molecule has 4 N–H and O–H groups in total. The molecule has 3 aromatic carbocycles. The highest BCUT2D eigenvalue weighted by molar-refractivity contribution is 9.08. The molecule has 54 heavy (non-hydrogen) atoms. The van der Waals surface area contributed by atoms with Gasteiger partial charge in [-0.05, 0) is 27.7 Å². The van der Waals surface area contributed by atoms with Crippen molar-refractivity contribution < 1.29 is 76.9 Å². The minimum atomic E-state index is -2.53. The first-order chi connectivity index (χ1) is 24.9. The number of hydrogen-bond donors (Lipinski definition) is 3. The summed E-state index contributed by atoms with van der Waals surface area (Å²) in [7, 11) is 0. The summed E-state index contributed by atoms with van der Waals surface area (Å²) in [5.74, 6) is -22.2. The first kappa shape index (κ1) is 47.2. The van der Waals surface area contributed by atoms with Crippen molar-refractivity contribution in [3.63, 3.8) is 0 Å². The summed E-state index contributed by atoms with van der Waals surface area (Å²) >= 11 is 2.74. The Morgan fingerprint density at radius 3 is 1.33 bits per heavy atom. The van der Waals surface area contributed by atoms with Gasteiger partial charge in [0.15, 0.2) is 69.8 Å². The molecular formula is C33H28BrF12N3O5. The van der Waals surface area contributed by atoms with Crippen LogP contribution in [0.5, 0.6) is 0 Å². The Balaban J connectivity index is 0.000000426. The highest BCUT2D eigenvalue weighted by Crippen LogP contribution is 2.28. The Morgan fingerprint density at radius 2 is 1.06 bits per heavy atom. The van der Waals surface area contributed by atoms with Crippen LogP contribution >= 0.6 is 15.9 Å². The van der Waals surface area contributed by atoms with Crippen molar-refractivity contribution in [2.45, 2.75) is 64.4 Å². The quantitative estimate of drug-likeness (QED) is 0.0911. The summed E-state index contributed by atoms with van der Waals surface area (Å²) in [6.45, 7) is 4.85. The lowest BCUT2D eigenvalue weighted by molar-refractivity contribution is -0.150. The number of ether oxygens (including phenoxy) is 1. The molecule has 3 rings (SSSR count). The molecule has 1 amide bonds. The Morgan fingerprint density at radius 1 is 0.722 bits per heavy atom. The summed E-state index contributed by atoms with van der Waals surface area (Å²) in [4.78, 5) is 33.7. The molecule has 2 atom stereocenters. The molecule has 0 saturated carbocycles. The van der Waals surface area contributed by atoms with Gasteiger partial charge in [-0.1, -0.05) is 15.9 Å². The number of carboxylic acids is 1. The number of rotatable bonds is 9. The Hall–Kier alpha value is -4.84. The first-order valence-corrected chi connectivity index (χ1v) is 15.9. The van der Waals surface area contributed by atoms with Crippen LogP contribution in [-0.2, 0) is 37.3 Å². The molecule has 0 heterocycles. The zero-order valence-corrected chi connectivity index (χ0v) is 30.0. The van der Waals surface area contributed by atoms with E-state index < -0.39 is 145 Å². The van der Waals surface area contributed by atoms with E-state index in [9.17, 15) is 72.3 Å². The maximum atomic E-state index is 14.0.